The lowest BCUT2D eigenvalue weighted by molar-refractivity contribution is -0.0978. The van der Waals surface area contributed by atoms with E-state index in [2.05, 4.69) is 0 Å². The van der Waals surface area contributed by atoms with Gasteiger partial charge < -0.3 is 9.84 Å². The van der Waals surface area contributed by atoms with Crippen molar-refractivity contribution in [1.29, 1.82) is 0 Å². The van der Waals surface area contributed by atoms with Crippen molar-refractivity contribution in [2.24, 2.45) is 0 Å². The Bertz CT molecular complexity index is 955. The summed E-state index contributed by atoms with van der Waals surface area (Å²) in [5.41, 5.74) is -6.44. The zero-order chi connectivity index (χ0) is 20.0. The molecule has 3 rings (SSSR count). The van der Waals surface area contributed by atoms with Crippen LogP contribution in [-0.4, -0.2) is 25.0 Å². The molecule has 0 radical (unpaired) electrons. The Morgan fingerprint density at radius 1 is 1.11 bits per heavy atom. The second-order valence-corrected chi connectivity index (χ2v) is 7.93. The number of halogens is 5. The molecule has 0 spiro atoms. The minimum atomic E-state index is -5.92. The fraction of sp³-hybridized carbons (Fsp3) is 0.294. The molecule has 1 unspecified atom stereocenters. The van der Waals surface area contributed by atoms with Crippen LogP contribution in [0, 0.1) is 0 Å². The van der Waals surface area contributed by atoms with Crippen molar-refractivity contribution in [3.05, 3.63) is 59.2 Å². The molecule has 2 aromatic rings. The summed E-state index contributed by atoms with van der Waals surface area (Å²) in [5, 5.41) is 9.79. The van der Waals surface area contributed by atoms with Gasteiger partial charge in [-0.3, -0.25) is 0 Å². The number of sulfone groups is 1. The van der Waals surface area contributed by atoms with Crippen molar-refractivity contribution in [3.63, 3.8) is 0 Å². The molecule has 27 heavy (non-hydrogen) atoms. The van der Waals surface area contributed by atoms with Crippen LogP contribution in [0.4, 0.5) is 22.0 Å². The summed E-state index contributed by atoms with van der Waals surface area (Å²) in [6.07, 6.45) is -3.81. The lowest BCUT2D eigenvalue weighted by atomic mass is 10.1. The highest BCUT2D eigenvalue weighted by Gasteiger charge is 2.55. The van der Waals surface area contributed by atoms with E-state index in [0.717, 1.165) is 6.07 Å². The van der Waals surface area contributed by atoms with Crippen molar-refractivity contribution in [2.75, 3.05) is 0 Å². The molecule has 1 aliphatic carbocycles. The summed E-state index contributed by atoms with van der Waals surface area (Å²) in [6, 6.07) is 9.97. The van der Waals surface area contributed by atoms with E-state index in [1.54, 1.807) is 30.3 Å². The molecule has 0 bridgehead atoms. The Labute approximate surface area is 151 Å². The molecule has 0 saturated heterocycles. The lowest BCUT2D eigenvalue weighted by Gasteiger charge is -2.17. The molecule has 0 aliphatic heterocycles. The average Bonchev–Trinajstić information content (AvgIpc) is 2.83. The highest BCUT2D eigenvalue weighted by atomic mass is 32.2. The Hall–Kier alpha value is -2.20. The molecule has 0 saturated carbocycles. The van der Waals surface area contributed by atoms with E-state index in [0.29, 0.717) is 11.6 Å². The van der Waals surface area contributed by atoms with E-state index < -0.39 is 49.8 Å². The molecular formula is C17H13F5O4S. The SMILES string of the molecule is O=S(=O)(c1ccc(OCc2ccccc2)c2c1C(O)C(F)(F)C2)C(F)(F)F. The smallest absolute Gasteiger partial charge is 0.489 e. The van der Waals surface area contributed by atoms with Crippen molar-refractivity contribution >= 4 is 9.84 Å². The minimum Gasteiger partial charge on any atom is -0.489 e. The van der Waals surface area contributed by atoms with Gasteiger partial charge in [0, 0.05) is 17.5 Å². The number of fused-ring (bicyclic) bond motifs is 1. The molecular weight excluding hydrogens is 395 g/mol. The second-order valence-electron chi connectivity index (χ2n) is 6.02. The van der Waals surface area contributed by atoms with Gasteiger partial charge in [-0.15, -0.1) is 0 Å². The van der Waals surface area contributed by atoms with Crippen LogP contribution in [0.25, 0.3) is 0 Å². The highest BCUT2D eigenvalue weighted by molar-refractivity contribution is 7.92. The molecule has 0 amide bonds. The Morgan fingerprint density at radius 3 is 2.33 bits per heavy atom. The van der Waals surface area contributed by atoms with E-state index in [9.17, 15) is 35.5 Å². The Balaban J connectivity index is 2.07. The first-order valence-electron chi connectivity index (χ1n) is 7.65. The number of aliphatic hydroxyl groups excluding tert-OH is 1. The van der Waals surface area contributed by atoms with Gasteiger partial charge in [-0.25, -0.2) is 17.2 Å². The predicted octanol–water partition coefficient (Wildman–Crippen LogP) is 3.78. The number of hydrogen-bond acceptors (Lipinski definition) is 4. The normalized spacial score (nSPS) is 19.0. The first-order chi connectivity index (χ1) is 12.4. The number of benzene rings is 2. The third-order valence-electron chi connectivity index (χ3n) is 4.19. The maximum Gasteiger partial charge on any atom is 0.501 e. The van der Waals surface area contributed by atoms with Crippen molar-refractivity contribution in [2.45, 2.75) is 35.5 Å². The van der Waals surface area contributed by atoms with Crippen LogP contribution >= 0.6 is 0 Å². The number of hydrogen-bond donors (Lipinski definition) is 1. The zero-order valence-electron chi connectivity index (χ0n) is 13.5. The first-order valence-corrected chi connectivity index (χ1v) is 9.13. The summed E-state index contributed by atoms with van der Waals surface area (Å²) in [5.74, 6) is -4.02. The average molecular weight is 408 g/mol. The van der Waals surface area contributed by atoms with Gasteiger partial charge in [-0.1, -0.05) is 30.3 Å². The third-order valence-corrected chi connectivity index (χ3v) is 5.74. The summed E-state index contributed by atoms with van der Waals surface area (Å²) in [4.78, 5) is -1.39. The molecule has 146 valence electrons. The first kappa shape index (κ1) is 19.6. The number of aliphatic hydroxyl groups is 1. The van der Waals surface area contributed by atoms with Crippen LogP contribution in [0.2, 0.25) is 0 Å². The van der Waals surface area contributed by atoms with Crippen LogP contribution in [0.3, 0.4) is 0 Å². The van der Waals surface area contributed by atoms with Crippen LogP contribution in [0.5, 0.6) is 5.75 Å². The maximum absolute atomic E-state index is 14.0. The summed E-state index contributed by atoms with van der Waals surface area (Å²) >= 11 is 0. The van der Waals surface area contributed by atoms with E-state index >= 15 is 0 Å². The van der Waals surface area contributed by atoms with Gasteiger partial charge in [-0.05, 0) is 17.7 Å². The molecule has 4 nitrogen and oxygen atoms in total. The molecule has 0 fully saturated rings. The van der Waals surface area contributed by atoms with Gasteiger partial charge in [0.15, 0.2) is 0 Å². The molecule has 1 N–H and O–H groups in total. The minimum absolute atomic E-state index is 0.0691. The summed E-state index contributed by atoms with van der Waals surface area (Å²) < 4.78 is 95.5. The van der Waals surface area contributed by atoms with Gasteiger partial charge in [0.2, 0.25) is 0 Å². The van der Waals surface area contributed by atoms with E-state index in [4.69, 9.17) is 4.74 Å². The van der Waals surface area contributed by atoms with Crippen LogP contribution < -0.4 is 4.74 Å². The van der Waals surface area contributed by atoms with E-state index in [-0.39, 0.29) is 12.4 Å². The maximum atomic E-state index is 14.0. The van der Waals surface area contributed by atoms with E-state index in [1.165, 1.54) is 0 Å². The van der Waals surface area contributed by atoms with Gasteiger partial charge >= 0.3 is 5.51 Å². The quantitative estimate of drug-likeness (QED) is 0.783. The van der Waals surface area contributed by atoms with Crippen molar-refractivity contribution in [3.8, 4) is 5.75 Å². The molecule has 1 atom stereocenters. The van der Waals surface area contributed by atoms with Crippen LogP contribution in [-0.2, 0) is 22.9 Å². The van der Waals surface area contributed by atoms with Gasteiger partial charge in [0.05, 0.1) is 4.90 Å². The Morgan fingerprint density at radius 2 is 1.74 bits per heavy atom. The Kier molecular flexibility index (Phi) is 4.67. The summed E-state index contributed by atoms with van der Waals surface area (Å²) in [7, 11) is -5.92. The topological polar surface area (TPSA) is 63.6 Å². The molecule has 2 aromatic carbocycles. The molecule has 0 aromatic heterocycles. The fourth-order valence-electron chi connectivity index (χ4n) is 2.88. The van der Waals surface area contributed by atoms with E-state index in [1.807, 2.05) is 0 Å². The molecule has 10 heteroatoms. The predicted molar refractivity (Wildman–Crippen MR) is 84.1 cm³/mol. The second kappa shape index (κ2) is 6.45. The number of rotatable bonds is 4. The van der Waals surface area contributed by atoms with Gasteiger partial charge in [-0.2, -0.15) is 13.2 Å². The van der Waals surface area contributed by atoms with Gasteiger partial charge in [0.1, 0.15) is 18.5 Å². The number of alkyl halides is 5. The van der Waals surface area contributed by atoms with Crippen molar-refractivity contribution < 1.29 is 40.2 Å². The molecule has 1 aliphatic rings. The zero-order valence-corrected chi connectivity index (χ0v) is 14.3. The largest absolute Gasteiger partial charge is 0.501 e. The lowest BCUT2D eigenvalue weighted by Crippen LogP contribution is -2.26. The van der Waals surface area contributed by atoms with Gasteiger partial charge in [0.25, 0.3) is 15.8 Å². The standard InChI is InChI=1S/C17H13F5O4S/c18-16(19)8-11-12(26-9-10-4-2-1-3-5-10)6-7-13(14(11)15(16)23)27(24,25)17(20,21)22/h1-7,15,23H,8-9H2. The van der Waals surface area contributed by atoms with Crippen LogP contribution in [0.1, 0.15) is 22.8 Å². The molecule has 0 heterocycles. The summed E-state index contributed by atoms with van der Waals surface area (Å²) in [6.45, 7) is -0.0691. The van der Waals surface area contributed by atoms with Crippen LogP contribution in [0.15, 0.2) is 47.4 Å². The highest BCUT2D eigenvalue weighted by Crippen LogP contribution is 2.50. The third kappa shape index (κ3) is 3.39. The fourth-order valence-corrected chi connectivity index (χ4v) is 3.90. The van der Waals surface area contributed by atoms with Crippen molar-refractivity contribution in [1.82, 2.24) is 0 Å². The number of ether oxygens (including phenoxy) is 1. The monoisotopic (exact) mass is 408 g/mol.